The predicted molar refractivity (Wildman–Crippen MR) is 81.5 cm³/mol. The van der Waals surface area contributed by atoms with Crippen molar-refractivity contribution in [1.29, 1.82) is 0 Å². The maximum atomic E-state index is 12.3. The molecule has 4 aliphatic carbocycles. The summed E-state index contributed by atoms with van der Waals surface area (Å²) in [4.78, 5) is 23.3. The van der Waals surface area contributed by atoms with Crippen LogP contribution in [0.3, 0.4) is 0 Å². The van der Waals surface area contributed by atoms with E-state index in [0.717, 1.165) is 17.8 Å². The summed E-state index contributed by atoms with van der Waals surface area (Å²) < 4.78 is 0. The molecule has 0 spiro atoms. The number of carbonyl (C=O) groups is 2. The van der Waals surface area contributed by atoms with Crippen LogP contribution < -0.4 is 10.6 Å². The van der Waals surface area contributed by atoms with Crippen LogP contribution >= 0.6 is 0 Å². The molecule has 2 N–H and O–H groups in total. The van der Waals surface area contributed by atoms with Gasteiger partial charge in [-0.2, -0.15) is 0 Å². The van der Waals surface area contributed by atoms with Crippen LogP contribution in [0, 0.1) is 23.2 Å². The SMILES string of the molecule is CC(=O)N[C@@H](C)C(=O)N[C@H](C)C12CC3CC(CC(C3)C1)C2. The van der Waals surface area contributed by atoms with Gasteiger partial charge < -0.3 is 10.6 Å². The van der Waals surface area contributed by atoms with Gasteiger partial charge in [0.15, 0.2) is 0 Å². The van der Waals surface area contributed by atoms with Gasteiger partial charge in [0.1, 0.15) is 6.04 Å². The van der Waals surface area contributed by atoms with Gasteiger partial charge in [0.05, 0.1) is 0 Å². The highest BCUT2D eigenvalue weighted by atomic mass is 16.2. The van der Waals surface area contributed by atoms with Crippen molar-refractivity contribution in [2.45, 2.75) is 71.4 Å². The van der Waals surface area contributed by atoms with E-state index in [2.05, 4.69) is 17.6 Å². The lowest BCUT2D eigenvalue weighted by molar-refractivity contribution is -0.130. The number of rotatable bonds is 4. The zero-order chi connectivity index (χ0) is 15.2. The minimum Gasteiger partial charge on any atom is -0.351 e. The Morgan fingerprint density at radius 3 is 1.86 bits per heavy atom. The third kappa shape index (κ3) is 2.82. The van der Waals surface area contributed by atoms with Crippen molar-refractivity contribution >= 4 is 11.8 Å². The van der Waals surface area contributed by atoms with Crippen LogP contribution in [-0.2, 0) is 9.59 Å². The van der Waals surface area contributed by atoms with E-state index in [-0.39, 0.29) is 17.9 Å². The number of carbonyl (C=O) groups excluding carboxylic acids is 2. The first-order valence-corrected chi connectivity index (χ1v) is 8.45. The van der Waals surface area contributed by atoms with E-state index < -0.39 is 6.04 Å². The molecule has 118 valence electrons. The molecule has 4 nitrogen and oxygen atoms in total. The Morgan fingerprint density at radius 1 is 0.952 bits per heavy atom. The number of amides is 2. The van der Waals surface area contributed by atoms with Gasteiger partial charge in [-0.05, 0) is 75.5 Å². The molecule has 2 amide bonds. The van der Waals surface area contributed by atoms with E-state index in [1.54, 1.807) is 6.92 Å². The molecule has 4 fully saturated rings. The normalized spacial score (nSPS) is 39.7. The van der Waals surface area contributed by atoms with Gasteiger partial charge in [-0.15, -0.1) is 0 Å². The number of hydrogen-bond acceptors (Lipinski definition) is 2. The molecule has 4 rings (SSSR count). The average Bonchev–Trinajstić information content (AvgIpc) is 2.35. The van der Waals surface area contributed by atoms with E-state index in [4.69, 9.17) is 0 Å². The second-order valence-corrected chi connectivity index (χ2v) is 7.93. The summed E-state index contributed by atoms with van der Waals surface area (Å²) in [6, 6.07) is -0.228. The minimum absolute atomic E-state index is 0.0477. The molecule has 0 aliphatic heterocycles. The molecular formula is C17H28N2O2. The Labute approximate surface area is 127 Å². The van der Waals surface area contributed by atoms with Gasteiger partial charge in [0, 0.05) is 13.0 Å². The van der Waals surface area contributed by atoms with Gasteiger partial charge in [0.25, 0.3) is 0 Å². The molecule has 4 aliphatic rings. The molecule has 4 bridgehead atoms. The molecule has 21 heavy (non-hydrogen) atoms. The van der Waals surface area contributed by atoms with Crippen molar-refractivity contribution in [2.24, 2.45) is 23.2 Å². The minimum atomic E-state index is -0.445. The zero-order valence-corrected chi connectivity index (χ0v) is 13.4. The van der Waals surface area contributed by atoms with Crippen LogP contribution in [0.5, 0.6) is 0 Å². The van der Waals surface area contributed by atoms with Gasteiger partial charge >= 0.3 is 0 Å². The zero-order valence-electron chi connectivity index (χ0n) is 13.4. The smallest absolute Gasteiger partial charge is 0.242 e. The van der Waals surface area contributed by atoms with E-state index in [1.165, 1.54) is 45.4 Å². The summed E-state index contributed by atoms with van der Waals surface area (Å²) in [5.41, 5.74) is 0.320. The highest BCUT2D eigenvalue weighted by Crippen LogP contribution is 2.61. The Balaban J connectivity index is 1.64. The molecule has 0 radical (unpaired) electrons. The van der Waals surface area contributed by atoms with E-state index >= 15 is 0 Å². The number of hydrogen-bond donors (Lipinski definition) is 2. The summed E-state index contributed by atoms with van der Waals surface area (Å²) >= 11 is 0. The monoisotopic (exact) mass is 292 g/mol. The fourth-order valence-corrected chi connectivity index (χ4v) is 5.57. The fourth-order valence-electron chi connectivity index (χ4n) is 5.57. The van der Waals surface area contributed by atoms with Crippen molar-refractivity contribution in [3.63, 3.8) is 0 Å². The van der Waals surface area contributed by atoms with Crippen molar-refractivity contribution in [2.75, 3.05) is 0 Å². The van der Waals surface area contributed by atoms with Crippen molar-refractivity contribution in [3.05, 3.63) is 0 Å². The lowest BCUT2D eigenvalue weighted by Gasteiger charge is -2.59. The molecule has 2 atom stereocenters. The molecule has 0 heterocycles. The third-order valence-corrected chi connectivity index (χ3v) is 6.18. The maximum Gasteiger partial charge on any atom is 0.242 e. The van der Waals surface area contributed by atoms with Crippen LogP contribution in [0.25, 0.3) is 0 Å². The van der Waals surface area contributed by atoms with Crippen molar-refractivity contribution in [3.8, 4) is 0 Å². The van der Waals surface area contributed by atoms with Crippen LogP contribution in [0.15, 0.2) is 0 Å². The first-order valence-electron chi connectivity index (χ1n) is 8.45. The Bertz CT molecular complexity index is 411. The van der Waals surface area contributed by atoms with Gasteiger partial charge in [-0.1, -0.05) is 0 Å². The molecule has 0 aromatic carbocycles. The van der Waals surface area contributed by atoms with E-state index in [0.29, 0.717) is 5.41 Å². The van der Waals surface area contributed by atoms with Crippen LogP contribution in [0.1, 0.15) is 59.3 Å². The second kappa shape index (κ2) is 5.29. The van der Waals surface area contributed by atoms with E-state index in [9.17, 15) is 9.59 Å². The van der Waals surface area contributed by atoms with Gasteiger partial charge in [0.2, 0.25) is 11.8 Å². The molecule has 0 unspecified atom stereocenters. The summed E-state index contributed by atoms with van der Waals surface area (Å²) in [5, 5.41) is 5.86. The Hall–Kier alpha value is -1.06. The third-order valence-electron chi connectivity index (χ3n) is 6.18. The standard InChI is InChI=1S/C17H28N2O2/c1-10(18-12(3)20)16(21)19-11(2)17-7-13-4-14(8-17)6-15(5-13)9-17/h10-11,13-15H,4-9H2,1-3H3,(H,18,20)(H,19,21)/t10-,11+,13?,14?,15?,17?/m0/s1. The lowest BCUT2D eigenvalue weighted by Crippen LogP contribution is -2.57. The number of nitrogens with one attached hydrogen (secondary N) is 2. The van der Waals surface area contributed by atoms with Crippen LogP contribution in [0.2, 0.25) is 0 Å². The molecule has 4 saturated carbocycles. The Morgan fingerprint density at radius 2 is 1.43 bits per heavy atom. The largest absolute Gasteiger partial charge is 0.351 e. The maximum absolute atomic E-state index is 12.3. The van der Waals surface area contributed by atoms with Crippen LogP contribution in [0.4, 0.5) is 0 Å². The lowest BCUT2D eigenvalue weighted by atomic mass is 9.48. The summed E-state index contributed by atoms with van der Waals surface area (Å²) in [5.74, 6) is 2.48. The molecule has 0 saturated heterocycles. The molecule has 0 aromatic rings. The summed E-state index contributed by atoms with van der Waals surface area (Å²) in [6.07, 6.45) is 8.12. The van der Waals surface area contributed by atoms with Crippen LogP contribution in [-0.4, -0.2) is 23.9 Å². The van der Waals surface area contributed by atoms with Crippen molar-refractivity contribution in [1.82, 2.24) is 10.6 Å². The molecular weight excluding hydrogens is 264 g/mol. The average molecular weight is 292 g/mol. The molecule has 0 aromatic heterocycles. The Kier molecular flexibility index (Phi) is 3.74. The quantitative estimate of drug-likeness (QED) is 0.835. The fraction of sp³-hybridized carbons (Fsp3) is 0.882. The van der Waals surface area contributed by atoms with Gasteiger partial charge in [-0.25, -0.2) is 0 Å². The van der Waals surface area contributed by atoms with Crippen molar-refractivity contribution < 1.29 is 9.59 Å². The first kappa shape index (κ1) is 14.9. The predicted octanol–water partition coefficient (Wildman–Crippen LogP) is 2.23. The first-order chi connectivity index (χ1) is 9.88. The highest BCUT2D eigenvalue weighted by Gasteiger charge is 2.53. The van der Waals surface area contributed by atoms with Gasteiger partial charge in [-0.3, -0.25) is 9.59 Å². The topological polar surface area (TPSA) is 58.2 Å². The second-order valence-electron chi connectivity index (χ2n) is 7.93. The molecule has 4 heteroatoms. The highest BCUT2D eigenvalue weighted by molar-refractivity contribution is 5.86. The van der Waals surface area contributed by atoms with E-state index in [1.807, 2.05) is 0 Å². The summed E-state index contributed by atoms with van der Waals surface area (Å²) in [6.45, 7) is 5.38. The summed E-state index contributed by atoms with van der Waals surface area (Å²) in [7, 11) is 0.